The molecule has 4 nitrogen and oxygen atoms in total. The highest BCUT2D eigenvalue weighted by Crippen LogP contribution is 2.22. The molecule has 1 aromatic carbocycles. The number of hydrogen-bond acceptors (Lipinski definition) is 4. The second-order valence-electron chi connectivity index (χ2n) is 7.57. The number of rotatable bonds is 6. The van der Waals surface area contributed by atoms with E-state index in [0.29, 0.717) is 6.04 Å². The third-order valence-electron chi connectivity index (χ3n) is 4.20. The van der Waals surface area contributed by atoms with Crippen molar-refractivity contribution in [3.05, 3.63) is 36.0 Å². The lowest BCUT2D eigenvalue weighted by molar-refractivity contribution is 0.243. The first-order chi connectivity index (χ1) is 11.5. The molecule has 132 valence electrons. The van der Waals surface area contributed by atoms with Gasteiger partial charge in [-0.1, -0.05) is 32.9 Å². The summed E-state index contributed by atoms with van der Waals surface area (Å²) in [7, 11) is 0. The molecule has 0 aromatic heterocycles. The van der Waals surface area contributed by atoms with Crippen molar-refractivity contribution >= 4 is 11.8 Å². The molecular weight excluding hydrogens is 298 g/mol. The van der Waals surface area contributed by atoms with Gasteiger partial charge in [0.15, 0.2) is 0 Å². The number of allylic oxidation sites excluding steroid dienone is 1. The van der Waals surface area contributed by atoms with Crippen LogP contribution >= 0.6 is 0 Å². The minimum absolute atomic E-state index is 0.279. The summed E-state index contributed by atoms with van der Waals surface area (Å²) in [6, 6.07) is 8.47. The van der Waals surface area contributed by atoms with Gasteiger partial charge in [-0.05, 0) is 55.5 Å². The van der Waals surface area contributed by atoms with Gasteiger partial charge >= 0.3 is 0 Å². The number of piperidine rings is 1. The summed E-state index contributed by atoms with van der Waals surface area (Å²) in [4.78, 5) is 4.70. The highest BCUT2D eigenvalue weighted by Gasteiger charge is 2.12. The Bertz CT molecular complexity index is 566. The summed E-state index contributed by atoms with van der Waals surface area (Å²) in [6.07, 6.45) is 6.73. The van der Waals surface area contributed by atoms with Crippen LogP contribution in [-0.4, -0.2) is 32.0 Å². The van der Waals surface area contributed by atoms with Crippen molar-refractivity contribution in [2.45, 2.75) is 46.1 Å². The summed E-state index contributed by atoms with van der Waals surface area (Å²) in [5, 5.41) is 3.36. The van der Waals surface area contributed by atoms with Crippen molar-refractivity contribution in [2.75, 3.05) is 19.7 Å². The Balaban J connectivity index is 1.98. The van der Waals surface area contributed by atoms with Gasteiger partial charge in [-0.15, -0.1) is 0 Å². The SMILES string of the molecule is CC(C)(C)CCOc1cccc(C(C=NC2CCNCC2)=CN)c1. The van der Waals surface area contributed by atoms with Crippen molar-refractivity contribution in [3.8, 4) is 5.75 Å². The Labute approximate surface area is 146 Å². The molecule has 0 spiro atoms. The lowest BCUT2D eigenvalue weighted by Gasteiger charge is -2.19. The van der Waals surface area contributed by atoms with E-state index in [1.807, 2.05) is 30.5 Å². The van der Waals surface area contributed by atoms with Crippen LogP contribution in [0.2, 0.25) is 0 Å². The van der Waals surface area contributed by atoms with Gasteiger partial charge in [-0.3, -0.25) is 4.99 Å². The van der Waals surface area contributed by atoms with E-state index >= 15 is 0 Å². The Morgan fingerprint density at radius 3 is 2.75 bits per heavy atom. The van der Waals surface area contributed by atoms with E-state index in [1.165, 1.54) is 0 Å². The van der Waals surface area contributed by atoms with E-state index in [0.717, 1.165) is 55.8 Å². The molecule has 1 aliphatic heterocycles. The van der Waals surface area contributed by atoms with E-state index in [2.05, 4.69) is 26.1 Å². The van der Waals surface area contributed by atoms with E-state index in [1.54, 1.807) is 6.20 Å². The van der Waals surface area contributed by atoms with Gasteiger partial charge in [0, 0.05) is 18.0 Å². The maximum atomic E-state index is 5.89. The molecule has 0 saturated carbocycles. The Morgan fingerprint density at radius 1 is 1.33 bits per heavy atom. The van der Waals surface area contributed by atoms with Gasteiger partial charge in [0.05, 0.1) is 12.6 Å². The van der Waals surface area contributed by atoms with E-state index in [9.17, 15) is 0 Å². The van der Waals surface area contributed by atoms with Crippen LogP contribution in [0.15, 0.2) is 35.5 Å². The molecule has 2 rings (SSSR count). The Kier molecular flexibility index (Phi) is 6.85. The smallest absolute Gasteiger partial charge is 0.119 e. The van der Waals surface area contributed by atoms with Gasteiger partial charge < -0.3 is 15.8 Å². The first-order valence-corrected chi connectivity index (χ1v) is 8.87. The molecule has 1 heterocycles. The molecule has 0 bridgehead atoms. The van der Waals surface area contributed by atoms with Crippen molar-refractivity contribution in [1.82, 2.24) is 5.32 Å². The summed E-state index contributed by atoms with van der Waals surface area (Å²) < 4.78 is 5.89. The topological polar surface area (TPSA) is 59.6 Å². The number of nitrogens with zero attached hydrogens (tertiary/aromatic N) is 1. The predicted molar refractivity (Wildman–Crippen MR) is 103 cm³/mol. The highest BCUT2D eigenvalue weighted by atomic mass is 16.5. The van der Waals surface area contributed by atoms with Crippen LogP contribution in [0.5, 0.6) is 5.75 Å². The van der Waals surface area contributed by atoms with Crippen LogP contribution in [0.1, 0.15) is 45.6 Å². The molecule has 0 radical (unpaired) electrons. The maximum absolute atomic E-state index is 5.89. The van der Waals surface area contributed by atoms with Crippen LogP contribution in [0, 0.1) is 5.41 Å². The van der Waals surface area contributed by atoms with Crippen molar-refractivity contribution in [2.24, 2.45) is 16.1 Å². The summed E-state index contributed by atoms with van der Waals surface area (Å²) in [5.41, 5.74) is 8.08. The minimum Gasteiger partial charge on any atom is -0.494 e. The lowest BCUT2D eigenvalue weighted by atomic mass is 9.93. The third kappa shape index (κ3) is 6.36. The Hall–Kier alpha value is -1.81. The number of hydrogen-bond donors (Lipinski definition) is 2. The number of nitrogens with one attached hydrogen (secondary N) is 1. The fourth-order valence-corrected chi connectivity index (χ4v) is 2.60. The molecule has 3 N–H and O–H groups in total. The number of ether oxygens (including phenoxy) is 1. The normalized spacial score (nSPS) is 17.4. The average molecular weight is 329 g/mol. The molecule has 0 atom stereocenters. The maximum Gasteiger partial charge on any atom is 0.119 e. The quantitative estimate of drug-likeness (QED) is 0.784. The second-order valence-corrected chi connectivity index (χ2v) is 7.57. The standard InChI is InChI=1S/C20H31N3O/c1-20(2,3)9-12-24-19-6-4-5-16(13-19)17(14-21)15-23-18-7-10-22-11-8-18/h4-6,13-15,18,22H,7-12,21H2,1-3H3. The molecular formula is C20H31N3O. The molecule has 4 heteroatoms. The number of benzene rings is 1. The summed E-state index contributed by atoms with van der Waals surface area (Å²) >= 11 is 0. The predicted octanol–water partition coefficient (Wildman–Crippen LogP) is 3.62. The molecule has 0 aliphatic carbocycles. The van der Waals surface area contributed by atoms with Crippen molar-refractivity contribution in [3.63, 3.8) is 0 Å². The number of aliphatic imine (C=N–C) groups is 1. The van der Waals surface area contributed by atoms with Gasteiger partial charge in [0.1, 0.15) is 5.75 Å². The fourth-order valence-electron chi connectivity index (χ4n) is 2.60. The number of nitrogens with two attached hydrogens (primary N) is 1. The Morgan fingerprint density at radius 2 is 2.08 bits per heavy atom. The average Bonchev–Trinajstić information content (AvgIpc) is 2.56. The summed E-state index contributed by atoms with van der Waals surface area (Å²) in [5.74, 6) is 0.881. The largest absolute Gasteiger partial charge is 0.494 e. The zero-order valence-electron chi connectivity index (χ0n) is 15.2. The molecule has 24 heavy (non-hydrogen) atoms. The second kappa shape index (κ2) is 8.88. The van der Waals surface area contributed by atoms with Gasteiger partial charge in [-0.2, -0.15) is 0 Å². The van der Waals surface area contributed by atoms with E-state index < -0.39 is 0 Å². The molecule has 0 amide bonds. The van der Waals surface area contributed by atoms with Crippen LogP contribution in [0.25, 0.3) is 5.57 Å². The zero-order valence-corrected chi connectivity index (χ0v) is 15.2. The third-order valence-corrected chi connectivity index (χ3v) is 4.20. The molecule has 0 unspecified atom stereocenters. The molecule has 1 fully saturated rings. The van der Waals surface area contributed by atoms with Crippen molar-refractivity contribution < 1.29 is 4.74 Å². The van der Waals surface area contributed by atoms with Gasteiger partial charge in [-0.25, -0.2) is 0 Å². The lowest BCUT2D eigenvalue weighted by Crippen LogP contribution is -2.29. The summed E-state index contributed by atoms with van der Waals surface area (Å²) in [6.45, 7) is 9.47. The fraction of sp³-hybridized carbons (Fsp3) is 0.550. The van der Waals surface area contributed by atoms with Gasteiger partial charge in [0.25, 0.3) is 0 Å². The van der Waals surface area contributed by atoms with Crippen LogP contribution in [0.3, 0.4) is 0 Å². The van der Waals surface area contributed by atoms with Gasteiger partial charge in [0.2, 0.25) is 0 Å². The highest BCUT2D eigenvalue weighted by molar-refractivity contribution is 6.09. The monoisotopic (exact) mass is 329 g/mol. The van der Waals surface area contributed by atoms with Crippen LogP contribution in [-0.2, 0) is 0 Å². The molecule has 1 saturated heterocycles. The molecule has 1 aromatic rings. The van der Waals surface area contributed by atoms with E-state index in [4.69, 9.17) is 15.5 Å². The zero-order chi connectivity index (χ0) is 17.4. The van der Waals surface area contributed by atoms with E-state index in [-0.39, 0.29) is 5.41 Å². The molecule has 1 aliphatic rings. The van der Waals surface area contributed by atoms with Crippen molar-refractivity contribution in [1.29, 1.82) is 0 Å². The first kappa shape index (κ1) is 18.5. The van der Waals surface area contributed by atoms with Crippen LogP contribution < -0.4 is 15.8 Å². The minimum atomic E-state index is 0.279. The first-order valence-electron chi connectivity index (χ1n) is 8.87. The van der Waals surface area contributed by atoms with Crippen LogP contribution in [0.4, 0.5) is 0 Å².